The van der Waals surface area contributed by atoms with Crippen molar-refractivity contribution in [3.05, 3.63) is 77.6 Å². The van der Waals surface area contributed by atoms with Gasteiger partial charge in [0.15, 0.2) is 5.58 Å². The van der Waals surface area contributed by atoms with Crippen LogP contribution in [-0.4, -0.2) is 15.9 Å². The quantitative estimate of drug-likeness (QED) is 0.521. The lowest BCUT2D eigenvalue weighted by Gasteiger charge is -2.05. The summed E-state index contributed by atoms with van der Waals surface area (Å²) in [7, 11) is 0. The van der Waals surface area contributed by atoms with Gasteiger partial charge in [-0.05, 0) is 42.5 Å². The predicted molar refractivity (Wildman–Crippen MR) is 105 cm³/mol. The molecule has 0 aliphatic carbocycles. The Kier molecular flexibility index (Phi) is 4.72. The number of rotatable bonds is 5. The number of hydrogen-bond acceptors (Lipinski definition) is 5. The molecule has 0 unspecified atom stereocenters. The molecule has 0 atom stereocenters. The number of fused-ring (bicyclic) bond motifs is 1. The molecule has 0 saturated heterocycles. The van der Waals surface area contributed by atoms with E-state index >= 15 is 0 Å². The summed E-state index contributed by atoms with van der Waals surface area (Å²) >= 11 is 6.00. The number of oxazole rings is 1. The van der Waals surface area contributed by atoms with E-state index in [9.17, 15) is 4.79 Å². The topological polar surface area (TPSA) is 80.0 Å². The average Bonchev–Trinajstić information content (AvgIpc) is 3.06. The van der Waals surface area contributed by atoms with Crippen LogP contribution in [0.3, 0.4) is 0 Å². The minimum atomic E-state index is -0.173. The fraction of sp³-hybridized carbons (Fsp3) is 0.0500. The van der Waals surface area contributed by atoms with Crippen LogP contribution < -0.4 is 10.6 Å². The van der Waals surface area contributed by atoms with Gasteiger partial charge in [0.2, 0.25) is 5.91 Å². The molecule has 0 saturated carbocycles. The maximum Gasteiger partial charge on any atom is 0.300 e. The molecule has 2 aromatic heterocycles. The van der Waals surface area contributed by atoms with Gasteiger partial charge in [-0.15, -0.1) is 0 Å². The van der Waals surface area contributed by atoms with Gasteiger partial charge in [0.25, 0.3) is 6.01 Å². The number of nitrogens with zero attached hydrogens (tertiary/aromatic N) is 2. The van der Waals surface area contributed by atoms with E-state index in [0.29, 0.717) is 33.5 Å². The first-order valence-corrected chi connectivity index (χ1v) is 8.67. The Labute approximate surface area is 160 Å². The van der Waals surface area contributed by atoms with Crippen LogP contribution in [0.15, 0.2) is 71.3 Å². The Hall–Kier alpha value is -3.38. The molecule has 134 valence electrons. The molecule has 0 fully saturated rings. The summed E-state index contributed by atoms with van der Waals surface area (Å²) in [6.45, 7) is 0. The summed E-state index contributed by atoms with van der Waals surface area (Å²) in [6.07, 6.45) is 1.84. The smallest absolute Gasteiger partial charge is 0.300 e. The van der Waals surface area contributed by atoms with Crippen molar-refractivity contribution in [1.29, 1.82) is 0 Å². The van der Waals surface area contributed by atoms with Crippen molar-refractivity contribution in [2.45, 2.75) is 6.42 Å². The molecule has 0 aliphatic rings. The van der Waals surface area contributed by atoms with Crippen LogP contribution in [0.2, 0.25) is 5.02 Å². The highest BCUT2D eigenvalue weighted by atomic mass is 35.5. The molecule has 4 aromatic rings. The standard InChI is InChI=1S/C20H15ClN4O2/c21-13-5-3-7-15(11-13)23-20-25-19-16(8-4-9-17(19)27-20)24-18(26)12-14-6-1-2-10-22-14/h1-11H,12H2,(H,23,25)(H,24,26). The number of para-hydroxylation sites is 1. The number of nitrogens with one attached hydrogen (secondary N) is 2. The van der Waals surface area contributed by atoms with Crippen molar-refractivity contribution in [2.24, 2.45) is 0 Å². The summed E-state index contributed by atoms with van der Waals surface area (Å²) in [5, 5.41) is 6.55. The second kappa shape index (κ2) is 7.47. The minimum absolute atomic E-state index is 0.173. The Morgan fingerprint density at radius 2 is 1.96 bits per heavy atom. The maximum atomic E-state index is 12.3. The van der Waals surface area contributed by atoms with E-state index in [1.165, 1.54) is 0 Å². The molecule has 0 spiro atoms. The number of amides is 1. The van der Waals surface area contributed by atoms with E-state index in [2.05, 4.69) is 20.6 Å². The molecule has 4 rings (SSSR count). The van der Waals surface area contributed by atoms with Gasteiger partial charge in [-0.3, -0.25) is 9.78 Å². The number of hydrogen-bond donors (Lipinski definition) is 2. The largest absolute Gasteiger partial charge is 0.423 e. The van der Waals surface area contributed by atoms with E-state index in [1.807, 2.05) is 30.3 Å². The number of carbonyl (C=O) groups excluding carboxylic acids is 1. The molecule has 7 heteroatoms. The van der Waals surface area contributed by atoms with Crippen molar-refractivity contribution >= 4 is 46.0 Å². The third-order valence-electron chi connectivity index (χ3n) is 3.84. The van der Waals surface area contributed by atoms with Crippen molar-refractivity contribution in [1.82, 2.24) is 9.97 Å². The minimum Gasteiger partial charge on any atom is -0.423 e. The van der Waals surface area contributed by atoms with Gasteiger partial charge in [0, 0.05) is 22.6 Å². The Morgan fingerprint density at radius 3 is 2.78 bits per heavy atom. The maximum absolute atomic E-state index is 12.3. The van der Waals surface area contributed by atoms with Gasteiger partial charge >= 0.3 is 0 Å². The lowest BCUT2D eigenvalue weighted by Crippen LogP contribution is -2.15. The predicted octanol–water partition coefficient (Wildman–Crippen LogP) is 4.80. The summed E-state index contributed by atoms with van der Waals surface area (Å²) in [4.78, 5) is 20.9. The van der Waals surface area contributed by atoms with E-state index in [0.717, 1.165) is 5.69 Å². The molecule has 27 heavy (non-hydrogen) atoms. The van der Waals surface area contributed by atoms with E-state index in [-0.39, 0.29) is 12.3 Å². The highest BCUT2D eigenvalue weighted by Gasteiger charge is 2.13. The molecular formula is C20H15ClN4O2. The number of benzene rings is 2. The second-order valence-electron chi connectivity index (χ2n) is 5.85. The lowest BCUT2D eigenvalue weighted by atomic mass is 10.2. The molecule has 6 nitrogen and oxygen atoms in total. The average molecular weight is 379 g/mol. The number of anilines is 3. The molecule has 2 heterocycles. The summed E-state index contributed by atoms with van der Waals surface area (Å²) in [5.74, 6) is -0.173. The van der Waals surface area contributed by atoms with Crippen molar-refractivity contribution in [3.8, 4) is 0 Å². The van der Waals surface area contributed by atoms with Gasteiger partial charge in [0.1, 0.15) is 5.52 Å². The second-order valence-corrected chi connectivity index (χ2v) is 6.29. The summed E-state index contributed by atoms with van der Waals surface area (Å²) in [6, 6.07) is 18.4. The van der Waals surface area contributed by atoms with Crippen LogP contribution in [0.5, 0.6) is 0 Å². The summed E-state index contributed by atoms with van der Waals surface area (Å²) in [5.41, 5.74) is 3.17. The van der Waals surface area contributed by atoms with Gasteiger partial charge in [-0.2, -0.15) is 4.98 Å². The zero-order valence-electron chi connectivity index (χ0n) is 14.1. The molecule has 2 aromatic carbocycles. The van der Waals surface area contributed by atoms with Crippen molar-refractivity contribution in [2.75, 3.05) is 10.6 Å². The molecule has 0 radical (unpaired) electrons. The highest BCUT2D eigenvalue weighted by Crippen LogP contribution is 2.28. The number of halogens is 1. The number of pyridine rings is 1. The van der Waals surface area contributed by atoms with Crippen molar-refractivity contribution in [3.63, 3.8) is 0 Å². The van der Waals surface area contributed by atoms with Crippen LogP contribution in [-0.2, 0) is 11.2 Å². The molecule has 1 amide bonds. The van der Waals surface area contributed by atoms with Gasteiger partial charge < -0.3 is 15.1 Å². The molecular weight excluding hydrogens is 364 g/mol. The van der Waals surface area contributed by atoms with Crippen molar-refractivity contribution < 1.29 is 9.21 Å². The zero-order valence-corrected chi connectivity index (χ0v) is 14.9. The monoisotopic (exact) mass is 378 g/mol. The lowest BCUT2D eigenvalue weighted by molar-refractivity contribution is -0.115. The highest BCUT2D eigenvalue weighted by molar-refractivity contribution is 6.30. The summed E-state index contributed by atoms with van der Waals surface area (Å²) < 4.78 is 5.72. The molecule has 0 aliphatic heterocycles. The van der Waals surface area contributed by atoms with Crippen LogP contribution in [0.4, 0.5) is 17.4 Å². The van der Waals surface area contributed by atoms with Gasteiger partial charge in [-0.1, -0.05) is 29.8 Å². The van der Waals surface area contributed by atoms with Gasteiger partial charge in [-0.25, -0.2) is 0 Å². The normalized spacial score (nSPS) is 10.7. The first-order valence-electron chi connectivity index (χ1n) is 8.29. The SMILES string of the molecule is O=C(Cc1ccccn1)Nc1cccc2oc(Nc3cccc(Cl)c3)nc12. The molecule has 0 bridgehead atoms. The molecule has 2 N–H and O–H groups in total. The Bertz CT molecular complexity index is 1100. The van der Waals surface area contributed by atoms with E-state index < -0.39 is 0 Å². The Balaban J connectivity index is 1.55. The van der Waals surface area contributed by atoms with Crippen LogP contribution in [0, 0.1) is 0 Å². The van der Waals surface area contributed by atoms with E-state index in [4.69, 9.17) is 16.0 Å². The van der Waals surface area contributed by atoms with Crippen LogP contribution >= 0.6 is 11.6 Å². The van der Waals surface area contributed by atoms with Gasteiger partial charge in [0.05, 0.1) is 12.1 Å². The first-order chi connectivity index (χ1) is 13.2. The fourth-order valence-corrected chi connectivity index (χ4v) is 2.84. The Morgan fingerprint density at radius 1 is 1.07 bits per heavy atom. The first kappa shape index (κ1) is 17.1. The number of carbonyl (C=O) groups is 1. The van der Waals surface area contributed by atoms with Crippen LogP contribution in [0.1, 0.15) is 5.69 Å². The van der Waals surface area contributed by atoms with Crippen LogP contribution in [0.25, 0.3) is 11.1 Å². The third-order valence-corrected chi connectivity index (χ3v) is 4.07. The number of aromatic nitrogens is 2. The zero-order chi connectivity index (χ0) is 18.6. The fourth-order valence-electron chi connectivity index (χ4n) is 2.65. The third kappa shape index (κ3) is 4.07. The van der Waals surface area contributed by atoms with E-state index in [1.54, 1.807) is 36.5 Å².